The van der Waals surface area contributed by atoms with Crippen molar-refractivity contribution in [3.63, 3.8) is 0 Å². The van der Waals surface area contributed by atoms with E-state index in [4.69, 9.17) is 0 Å². The van der Waals surface area contributed by atoms with Gasteiger partial charge in [0.1, 0.15) is 0 Å². The molecule has 3 heterocycles. The maximum atomic E-state index is 13.2. The third-order valence-electron chi connectivity index (χ3n) is 6.18. The lowest BCUT2D eigenvalue weighted by Gasteiger charge is -2.20. The van der Waals surface area contributed by atoms with Crippen LogP contribution in [0.25, 0.3) is 10.9 Å². The molecule has 2 aromatic heterocycles. The topological polar surface area (TPSA) is 81.2 Å². The smallest absolute Gasteiger partial charge is 0.255 e. The zero-order chi connectivity index (χ0) is 21.6. The van der Waals surface area contributed by atoms with Crippen molar-refractivity contribution < 1.29 is 9.90 Å². The summed E-state index contributed by atoms with van der Waals surface area (Å²) in [6, 6.07) is 9.88. The second kappa shape index (κ2) is 10.1. The molecule has 0 saturated carbocycles. The maximum absolute atomic E-state index is 13.2. The van der Waals surface area contributed by atoms with E-state index in [-0.39, 0.29) is 11.9 Å². The molecule has 0 radical (unpaired) electrons. The number of pyridine rings is 1. The number of nitrogens with zero attached hydrogens (tertiary/aromatic N) is 2. The summed E-state index contributed by atoms with van der Waals surface area (Å²) in [5, 5.41) is 14.9. The van der Waals surface area contributed by atoms with Crippen molar-refractivity contribution in [3.05, 3.63) is 65.6 Å². The fraction of sp³-hybridized carbons (Fsp3) is 0.440. The second-order valence-corrected chi connectivity index (χ2v) is 8.56. The SMILES string of the molecule is C[C@H](Cc1c[nH]c2c(C(=O)N3CCCCCC3)cccc12)NCC(O)c1cccnc1. The van der Waals surface area contributed by atoms with Gasteiger partial charge in [0, 0.05) is 55.2 Å². The average Bonchev–Trinajstić information content (AvgIpc) is 3.02. The number of aromatic amines is 1. The van der Waals surface area contributed by atoms with Crippen LogP contribution < -0.4 is 5.32 Å². The number of likely N-dealkylation sites (tertiary alicyclic amines) is 1. The van der Waals surface area contributed by atoms with Gasteiger partial charge in [-0.2, -0.15) is 0 Å². The number of aliphatic hydroxyl groups is 1. The molecule has 1 fully saturated rings. The van der Waals surface area contributed by atoms with Gasteiger partial charge in [-0.25, -0.2) is 0 Å². The summed E-state index contributed by atoms with van der Waals surface area (Å²) < 4.78 is 0. The molecule has 4 rings (SSSR count). The highest BCUT2D eigenvalue weighted by atomic mass is 16.3. The van der Waals surface area contributed by atoms with E-state index in [0.717, 1.165) is 54.4 Å². The molecule has 0 spiro atoms. The highest BCUT2D eigenvalue weighted by Crippen LogP contribution is 2.25. The Labute approximate surface area is 183 Å². The van der Waals surface area contributed by atoms with Crippen LogP contribution in [-0.4, -0.2) is 51.6 Å². The molecule has 1 aromatic carbocycles. The monoisotopic (exact) mass is 420 g/mol. The number of amides is 1. The quantitative estimate of drug-likeness (QED) is 0.543. The summed E-state index contributed by atoms with van der Waals surface area (Å²) in [6.45, 7) is 4.28. The molecule has 2 atom stereocenters. The Kier molecular flexibility index (Phi) is 6.99. The fourth-order valence-electron chi connectivity index (χ4n) is 4.41. The van der Waals surface area contributed by atoms with Crippen molar-refractivity contribution in [3.8, 4) is 0 Å². The van der Waals surface area contributed by atoms with Gasteiger partial charge in [-0.3, -0.25) is 9.78 Å². The largest absolute Gasteiger partial charge is 0.387 e. The molecule has 1 saturated heterocycles. The summed E-state index contributed by atoms with van der Waals surface area (Å²) in [7, 11) is 0. The van der Waals surface area contributed by atoms with Crippen LogP contribution in [0.5, 0.6) is 0 Å². The van der Waals surface area contributed by atoms with Gasteiger partial charge in [0.25, 0.3) is 5.91 Å². The van der Waals surface area contributed by atoms with Gasteiger partial charge >= 0.3 is 0 Å². The molecule has 31 heavy (non-hydrogen) atoms. The Hall–Kier alpha value is -2.70. The number of aromatic nitrogens is 2. The Bertz CT molecular complexity index is 993. The third kappa shape index (κ3) is 5.14. The number of hydrogen-bond donors (Lipinski definition) is 3. The number of para-hydroxylation sites is 1. The first kappa shape index (κ1) is 21.5. The van der Waals surface area contributed by atoms with Crippen LogP contribution in [0.2, 0.25) is 0 Å². The van der Waals surface area contributed by atoms with Crippen LogP contribution in [0.3, 0.4) is 0 Å². The van der Waals surface area contributed by atoms with Gasteiger partial charge in [-0.05, 0) is 43.9 Å². The molecular formula is C25H32N4O2. The number of rotatable bonds is 7. The number of H-pyrrole nitrogens is 1. The first-order chi connectivity index (χ1) is 15.1. The number of hydrogen-bond acceptors (Lipinski definition) is 4. The first-order valence-electron chi connectivity index (χ1n) is 11.3. The Balaban J connectivity index is 1.43. The number of carbonyl (C=O) groups is 1. The van der Waals surface area contributed by atoms with Gasteiger partial charge < -0.3 is 20.3 Å². The third-order valence-corrected chi connectivity index (χ3v) is 6.18. The molecule has 0 aliphatic carbocycles. The fourth-order valence-corrected chi connectivity index (χ4v) is 4.41. The van der Waals surface area contributed by atoms with Crippen LogP contribution in [0, 0.1) is 0 Å². The van der Waals surface area contributed by atoms with E-state index < -0.39 is 6.10 Å². The Morgan fingerprint density at radius 1 is 1.19 bits per heavy atom. The molecule has 0 bridgehead atoms. The second-order valence-electron chi connectivity index (χ2n) is 8.56. The van der Waals surface area contributed by atoms with Gasteiger partial charge in [-0.15, -0.1) is 0 Å². The molecule has 164 valence electrons. The van der Waals surface area contributed by atoms with Crippen LogP contribution in [0.4, 0.5) is 0 Å². The standard InChI is InChI=1S/C25H32N4O2/c1-18(27-17-23(30)19-8-7-11-26-15-19)14-20-16-28-24-21(20)9-6-10-22(24)25(31)29-12-4-2-3-5-13-29/h6-11,15-16,18,23,27-28,30H,2-5,12-14,17H2,1H3/t18-,23?/m1/s1. The van der Waals surface area contributed by atoms with E-state index in [1.807, 2.05) is 35.4 Å². The predicted octanol–water partition coefficient (Wildman–Crippen LogP) is 3.83. The summed E-state index contributed by atoms with van der Waals surface area (Å²) in [4.78, 5) is 22.6. The minimum absolute atomic E-state index is 0.131. The molecule has 6 heteroatoms. The first-order valence-corrected chi connectivity index (χ1v) is 11.3. The Morgan fingerprint density at radius 3 is 2.74 bits per heavy atom. The normalized spacial score (nSPS) is 16.8. The minimum atomic E-state index is -0.586. The van der Waals surface area contributed by atoms with Crippen molar-refractivity contribution in [2.45, 2.75) is 51.2 Å². The lowest BCUT2D eigenvalue weighted by atomic mass is 10.0. The minimum Gasteiger partial charge on any atom is -0.387 e. The lowest BCUT2D eigenvalue weighted by Crippen LogP contribution is -2.32. The van der Waals surface area contributed by atoms with Gasteiger partial charge in [0.05, 0.1) is 17.2 Å². The van der Waals surface area contributed by atoms with E-state index in [2.05, 4.69) is 28.3 Å². The molecule has 6 nitrogen and oxygen atoms in total. The van der Waals surface area contributed by atoms with E-state index in [9.17, 15) is 9.90 Å². The summed E-state index contributed by atoms with van der Waals surface area (Å²) in [6.07, 6.45) is 10.2. The van der Waals surface area contributed by atoms with Gasteiger partial charge in [0.2, 0.25) is 0 Å². The molecule has 3 N–H and O–H groups in total. The van der Waals surface area contributed by atoms with Gasteiger partial charge in [0.15, 0.2) is 0 Å². The number of benzene rings is 1. The molecule has 1 amide bonds. The van der Waals surface area contributed by atoms with Crippen LogP contribution in [0.1, 0.15) is 60.2 Å². The van der Waals surface area contributed by atoms with Crippen LogP contribution in [0.15, 0.2) is 48.9 Å². The van der Waals surface area contributed by atoms with E-state index in [1.165, 1.54) is 18.4 Å². The number of carbonyl (C=O) groups excluding carboxylic acids is 1. The van der Waals surface area contributed by atoms with Gasteiger partial charge in [-0.1, -0.05) is 31.0 Å². The van der Waals surface area contributed by atoms with E-state index in [0.29, 0.717) is 6.54 Å². The van der Waals surface area contributed by atoms with E-state index >= 15 is 0 Å². The van der Waals surface area contributed by atoms with E-state index in [1.54, 1.807) is 12.4 Å². The number of fused-ring (bicyclic) bond motifs is 1. The Morgan fingerprint density at radius 2 is 2.00 bits per heavy atom. The summed E-state index contributed by atoms with van der Waals surface area (Å²) in [5.74, 6) is 0.131. The molecule has 1 aliphatic rings. The predicted molar refractivity (Wildman–Crippen MR) is 123 cm³/mol. The van der Waals surface area contributed by atoms with Crippen molar-refractivity contribution in [1.82, 2.24) is 20.2 Å². The lowest BCUT2D eigenvalue weighted by molar-refractivity contribution is 0.0763. The van der Waals surface area contributed by atoms with Crippen molar-refractivity contribution >= 4 is 16.8 Å². The molecular weight excluding hydrogens is 388 g/mol. The highest BCUT2D eigenvalue weighted by Gasteiger charge is 2.21. The summed E-state index contributed by atoms with van der Waals surface area (Å²) in [5.41, 5.74) is 3.68. The summed E-state index contributed by atoms with van der Waals surface area (Å²) >= 11 is 0. The molecule has 1 unspecified atom stereocenters. The zero-order valence-electron chi connectivity index (χ0n) is 18.2. The van der Waals surface area contributed by atoms with Crippen molar-refractivity contribution in [1.29, 1.82) is 0 Å². The highest BCUT2D eigenvalue weighted by molar-refractivity contribution is 6.06. The van der Waals surface area contributed by atoms with Crippen molar-refractivity contribution in [2.24, 2.45) is 0 Å². The van der Waals surface area contributed by atoms with Crippen LogP contribution >= 0.6 is 0 Å². The molecule has 3 aromatic rings. The maximum Gasteiger partial charge on any atom is 0.255 e. The van der Waals surface area contributed by atoms with Crippen molar-refractivity contribution in [2.75, 3.05) is 19.6 Å². The number of nitrogens with one attached hydrogen (secondary N) is 2. The zero-order valence-corrected chi connectivity index (χ0v) is 18.2. The molecule has 1 aliphatic heterocycles. The average molecular weight is 421 g/mol. The van der Waals surface area contributed by atoms with Crippen LogP contribution in [-0.2, 0) is 6.42 Å². The number of aliphatic hydroxyl groups excluding tert-OH is 1.